The second kappa shape index (κ2) is 6.52. The summed E-state index contributed by atoms with van der Waals surface area (Å²) in [4.78, 5) is 31.5. The lowest BCUT2D eigenvalue weighted by molar-refractivity contribution is -0.157. The van der Waals surface area contributed by atoms with E-state index >= 15 is 0 Å². The van der Waals surface area contributed by atoms with Gasteiger partial charge in [-0.2, -0.15) is 0 Å². The molecule has 1 aromatic carbocycles. The van der Waals surface area contributed by atoms with E-state index in [-0.39, 0.29) is 17.9 Å². The molecule has 8 heteroatoms. The zero-order chi connectivity index (χ0) is 17.6. The Morgan fingerprint density at radius 2 is 1.80 bits per heavy atom. The molecule has 2 fully saturated rings. The standard InChI is InChI=1S/C17H17Cl2N3O3/c18-10-2-1-3-11-13(10)14(19)15(20-11)17(24)22-7-5-21(6-8-22)16(23)12-4-9-25-12/h1-3,12,20H,4-9H2/t12-/m0/s1. The molecule has 0 aliphatic carbocycles. The lowest BCUT2D eigenvalue weighted by Gasteiger charge is -2.38. The molecule has 2 aromatic rings. The zero-order valence-electron chi connectivity index (χ0n) is 13.4. The molecule has 0 bridgehead atoms. The van der Waals surface area contributed by atoms with Crippen LogP contribution in [0.3, 0.4) is 0 Å². The molecule has 2 saturated heterocycles. The van der Waals surface area contributed by atoms with Gasteiger partial charge in [-0.1, -0.05) is 29.3 Å². The normalized spacial score (nSPS) is 20.6. The number of aromatic nitrogens is 1. The molecule has 2 aliphatic rings. The lowest BCUT2D eigenvalue weighted by atomic mass is 10.1. The van der Waals surface area contributed by atoms with E-state index in [2.05, 4.69) is 4.98 Å². The summed E-state index contributed by atoms with van der Waals surface area (Å²) in [6, 6.07) is 5.38. The topological polar surface area (TPSA) is 65.6 Å². The lowest BCUT2D eigenvalue weighted by Crippen LogP contribution is -2.54. The Bertz CT molecular complexity index is 839. The number of halogens is 2. The maximum atomic E-state index is 12.8. The van der Waals surface area contributed by atoms with Gasteiger partial charge in [0.05, 0.1) is 16.7 Å². The van der Waals surface area contributed by atoms with Crippen molar-refractivity contribution in [2.24, 2.45) is 0 Å². The molecule has 2 amide bonds. The minimum absolute atomic E-state index is 0.0220. The van der Waals surface area contributed by atoms with Crippen molar-refractivity contribution in [2.45, 2.75) is 12.5 Å². The molecule has 1 atom stereocenters. The molecule has 0 radical (unpaired) electrons. The van der Waals surface area contributed by atoms with Gasteiger partial charge in [0.25, 0.3) is 11.8 Å². The van der Waals surface area contributed by atoms with Crippen molar-refractivity contribution in [3.63, 3.8) is 0 Å². The molecule has 1 N–H and O–H groups in total. The van der Waals surface area contributed by atoms with E-state index in [1.165, 1.54) is 0 Å². The largest absolute Gasteiger partial charge is 0.368 e. The average Bonchev–Trinajstić information content (AvgIpc) is 2.91. The van der Waals surface area contributed by atoms with Crippen LogP contribution in [0.1, 0.15) is 16.9 Å². The average molecular weight is 382 g/mol. The van der Waals surface area contributed by atoms with Crippen LogP contribution in [0.15, 0.2) is 18.2 Å². The smallest absolute Gasteiger partial charge is 0.271 e. The highest BCUT2D eigenvalue weighted by atomic mass is 35.5. The summed E-state index contributed by atoms with van der Waals surface area (Å²) in [7, 11) is 0. The summed E-state index contributed by atoms with van der Waals surface area (Å²) in [5, 5.41) is 1.51. The molecule has 1 aromatic heterocycles. The van der Waals surface area contributed by atoms with Crippen molar-refractivity contribution in [2.75, 3.05) is 32.8 Å². The quantitative estimate of drug-likeness (QED) is 0.868. The Balaban J connectivity index is 1.48. The number of carbonyl (C=O) groups excluding carboxylic acids is 2. The summed E-state index contributed by atoms with van der Waals surface area (Å²) < 4.78 is 5.24. The van der Waals surface area contributed by atoms with Crippen LogP contribution >= 0.6 is 23.2 Å². The first kappa shape index (κ1) is 16.7. The van der Waals surface area contributed by atoms with Crippen LogP contribution in [0.4, 0.5) is 0 Å². The molecule has 0 saturated carbocycles. The van der Waals surface area contributed by atoms with Crippen LogP contribution in [0.2, 0.25) is 10.0 Å². The molecular formula is C17H17Cl2N3O3. The van der Waals surface area contributed by atoms with E-state index in [1.807, 2.05) is 6.07 Å². The van der Waals surface area contributed by atoms with Gasteiger partial charge in [0.2, 0.25) is 0 Å². The second-order valence-electron chi connectivity index (χ2n) is 6.24. The first-order valence-corrected chi connectivity index (χ1v) is 8.97. The highest BCUT2D eigenvalue weighted by molar-refractivity contribution is 6.44. The number of hydrogen-bond donors (Lipinski definition) is 1. The van der Waals surface area contributed by atoms with Crippen molar-refractivity contribution in [3.8, 4) is 0 Å². The molecule has 6 nitrogen and oxygen atoms in total. The fourth-order valence-corrected chi connectivity index (χ4v) is 3.88. The van der Waals surface area contributed by atoms with Crippen LogP contribution < -0.4 is 0 Å². The number of benzene rings is 1. The predicted molar refractivity (Wildman–Crippen MR) is 95.2 cm³/mol. The number of carbonyl (C=O) groups is 2. The van der Waals surface area contributed by atoms with E-state index < -0.39 is 0 Å². The minimum Gasteiger partial charge on any atom is -0.368 e. The first-order chi connectivity index (χ1) is 12.1. The molecule has 0 unspecified atom stereocenters. The van der Waals surface area contributed by atoms with Gasteiger partial charge in [0.15, 0.2) is 0 Å². The van der Waals surface area contributed by atoms with Crippen molar-refractivity contribution in [1.82, 2.24) is 14.8 Å². The number of H-pyrrole nitrogens is 1. The summed E-state index contributed by atoms with van der Waals surface area (Å²) in [5.41, 5.74) is 1.07. The second-order valence-corrected chi connectivity index (χ2v) is 7.03. The molecule has 4 rings (SSSR count). The fraction of sp³-hybridized carbons (Fsp3) is 0.412. The van der Waals surface area contributed by atoms with Gasteiger partial charge in [-0.05, 0) is 12.1 Å². The van der Waals surface area contributed by atoms with E-state index in [1.54, 1.807) is 21.9 Å². The maximum Gasteiger partial charge on any atom is 0.271 e. The fourth-order valence-electron chi connectivity index (χ4n) is 3.24. The molecule has 0 spiro atoms. The summed E-state index contributed by atoms with van der Waals surface area (Å²) in [6.45, 7) is 2.59. The van der Waals surface area contributed by atoms with Crippen LogP contribution in [0.5, 0.6) is 0 Å². The maximum absolute atomic E-state index is 12.8. The number of ether oxygens (including phenoxy) is 1. The van der Waals surface area contributed by atoms with E-state index in [4.69, 9.17) is 27.9 Å². The van der Waals surface area contributed by atoms with Crippen molar-refractivity contribution < 1.29 is 14.3 Å². The van der Waals surface area contributed by atoms with E-state index in [0.717, 1.165) is 11.9 Å². The zero-order valence-corrected chi connectivity index (χ0v) is 14.9. The van der Waals surface area contributed by atoms with Crippen molar-refractivity contribution in [3.05, 3.63) is 33.9 Å². The van der Waals surface area contributed by atoms with Crippen LogP contribution in [-0.2, 0) is 9.53 Å². The Labute approximate surface area is 154 Å². The number of aromatic amines is 1. The van der Waals surface area contributed by atoms with Gasteiger partial charge in [0, 0.05) is 43.5 Å². The Morgan fingerprint density at radius 3 is 2.40 bits per heavy atom. The molecule has 2 aliphatic heterocycles. The van der Waals surface area contributed by atoms with Crippen molar-refractivity contribution >= 4 is 45.9 Å². The van der Waals surface area contributed by atoms with Crippen LogP contribution in [0.25, 0.3) is 10.9 Å². The summed E-state index contributed by atoms with van der Waals surface area (Å²) >= 11 is 12.6. The SMILES string of the molecule is O=C(c1[nH]c2cccc(Cl)c2c1Cl)N1CCN(C(=O)[C@@H]2CCO2)CC1. The first-order valence-electron chi connectivity index (χ1n) is 8.21. The summed E-state index contributed by atoms with van der Waals surface area (Å²) in [5.74, 6) is -0.155. The number of nitrogens with one attached hydrogen (secondary N) is 1. The highest BCUT2D eigenvalue weighted by Crippen LogP contribution is 2.33. The monoisotopic (exact) mass is 381 g/mol. The van der Waals surface area contributed by atoms with Crippen molar-refractivity contribution in [1.29, 1.82) is 0 Å². The Morgan fingerprint density at radius 1 is 1.12 bits per heavy atom. The van der Waals surface area contributed by atoms with Gasteiger partial charge < -0.3 is 19.5 Å². The number of piperazine rings is 1. The summed E-state index contributed by atoms with van der Waals surface area (Å²) in [6.07, 6.45) is 0.483. The number of amides is 2. The van der Waals surface area contributed by atoms with E-state index in [0.29, 0.717) is 53.9 Å². The van der Waals surface area contributed by atoms with Gasteiger partial charge in [-0.3, -0.25) is 9.59 Å². The highest BCUT2D eigenvalue weighted by Gasteiger charge is 2.33. The molecule has 3 heterocycles. The third-order valence-electron chi connectivity index (χ3n) is 4.78. The minimum atomic E-state index is -0.299. The van der Waals surface area contributed by atoms with E-state index in [9.17, 15) is 9.59 Å². The molecule has 132 valence electrons. The number of nitrogens with zero attached hydrogens (tertiary/aromatic N) is 2. The van der Waals surface area contributed by atoms with Gasteiger partial charge in [-0.15, -0.1) is 0 Å². The Kier molecular flexibility index (Phi) is 4.35. The number of rotatable bonds is 2. The molecular weight excluding hydrogens is 365 g/mol. The number of hydrogen-bond acceptors (Lipinski definition) is 3. The third-order valence-corrected chi connectivity index (χ3v) is 5.47. The number of fused-ring (bicyclic) bond motifs is 1. The Hall–Kier alpha value is -1.76. The third kappa shape index (κ3) is 2.88. The van der Waals surface area contributed by atoms with Gasteiger partial charge in [-0.25, -0.2) is 0 Å². The van der Waals surface area contributed by atoms with Gasteiger partial charge >= 0.3 is 0 Å². The molecule has 25 heavy (non-hydrogen) atoms. The predicted octanol–water partition coefficient (Wildman–Crippen LogP) is 2.55. The van der Waals surface area contributed by atoms with Crippen LogP contribution in [0, 0.1) is 0 Å². The van der Waals surface area contributed by atoms with Gasteiger partial charge in [0.1, 0.15) is 11.8 Å². The van der Waals surface area contributed by atoms with Crippen LogP contribution in [-0.4, -0.2) is 65.5 Å².